The molecule has 0 saturated carbocycles. The van der Waals surface area contributed by atoms with Crippen LogP contribution in [-0.2, 0) is 0 Å². The Morgan fingerprint density at radius 2 is 2.20 bits per heavy atom. The van der Waals surface area contributed by atoms with Crippen molar-refractivity contribution in [3.63, 3.8) is 0 Å². The molecule has 0 saturated heterocycles. The fourth-order valence-corrected chi connectivity index (χ4v) is 1.55. The molecule has 0 amide bonds. The fourth-order valence-electron chi connectivity index (χ4n) is 1.35. The monoisotopic (exact) mass is 227 g/mol. The third-order valence-electron chi connectivity index (χ3n) is 2.48. The molecule has 0 aromatic heterocycles. The van der Waals surface area contributed by atoms with Gasteiger partial charge >= 0.3 is 0 Å². The quantitative estimate of drug-likeness (QED) is 0.811. The summed E-state index contributed by atoms with van der Waals surface area (Å²) in [6.45, 7) is 4.65. The van der Waals surface area contributed by atoms with Gasteiger partial charge in [0.1, 0.15) is 0 Å². The highest BCUT2D eigenvalue weighted by Gasteiger charge is 2.07. The number of benzene rings is 1. The van der Waals surface area contributed by atoms with Crippen molar-refractivity contribution < 1.29 is 5.11 Å². The van der Waals surface area contributed by atoms with Gasteiger partial charge in [0.2, 0.25) is 0 Å². The molecule has 15 heavy (non-hydrogen) atoms. The molecule has 1 rings (SSSR count). The summed E-state index contributed by atoms with van der Waals surface area (Å²) in [6.07, 6.45) is 0.501. The number of hydrogen-bond donors (Lipinski definition) is 2. The van der Waals surface area contributed by atoms with Crippen molar-refractivity contribution in [1.29, 1.82) is 0 Å². The Morgan fingerprint density at radius 3 is 2.80 bits per heavy atom. The van der Waals surface area contributed by atoms with Crippen LogP contribution in [0.5, 0.6) is 0 Å². The summed E-state index contributed by atoms with van der Waals surface area (Å²) < 4.78 is 0. The molecule has 2 N–H and O–H groups in total. The van der Waals surface area contributed by atoms with Gasteiger partial charge in [0.15, 0.2) is 0 Å². The Hall–Kier alpha value is -0.570. The van der Waals surface area contributed by atoms with Crippen LogP contribution in [0.15, 0.2) is 24.3 Å². The second-order valence-electron chi connectivity index (χ2n) is 3.75. The summed E-state index contributed by atoms with van der Waals surface area (Å²) in [5.41, 5.74) is 1.14. The van der Waals surface area contributed by atoms with Crippen molar-refractivity contribution in [2.75, 3.05) is 6.54 Å². The van der Waals surface area contributed by atoms with E-state index in [1.165, 1.54) is 0 Å². The van der Waals surface area contributed by atoms with Crippen LogP contribution in [0.4, 0.5) is 0 Å². The molecule has 0 radical (unpaired) electrons. The lowest BCUT2D eigenvalue weighted by molar-refractivity contribution is 0.164. The lowest BCUT2D eigenvalue weighted by Gasteiger charge is -2.16. The zero-order valence-electron chi connectivity index (χ0n) is 9.20. The van der Waals surface area contributed by atoms with Gasteiger partial charge in [0.05, 0.1) is 6.10 Å². The minimum Gasteiger partial charge on any atom is -0.392 e. The van der Waals surface area contributed by atoms with Crippen molar-refractivity contribution >= 4 is 11.6 Å². The molecule has 84 valence electrons. The molecule has 0 heterocycles. The van der Waals surface area contributed by atoms with Crippen LogP contribution < -0.4 is 5.32 Å². The molecule has 1 aromatic carbocycles. The maximum atomic E-state index is 9.42. The predicted molar refractivity (Wildman–Crippen MR) is 64.2 cm³/mol. The summed E-state index contributed by atoms with van der Waals surface area (Å²) in [7, 11) is 0. The largest absolute Gasteiger partial charge is 0.392 e. The van der Waals surface area contributed by atoms with E-state index in [1.54, 1.807) is 0 Å². The lowest BCUT2D eigenvalue weighted by atomic mass is 10.1. The number of aliphatic hydroxyl groups excluding tert-OH is 1. The first kappa shape index (κ1) is 12.5. The van der Waals surface area contributed by atoms with E-state index in [2.05, 4.69) is 12.2 Å². The van der Waals surface area contributed by atoms with E-state index in [0.717, 1.165) is 17.0 Å². The average Bonchev–Trinajstić information content (AvgIpc) is 2.25. The van der Waals surface area contributed by atoms with Gasteiger partial charge in [-0.15, -0.1) is 0 Å². The van der Waals surface area contributed by atoms with Crippen molar-refractivity contribution in [3.05, 3.63) is 34.9 Å². The minimum absolute atomic E-state index is 0.213. The molecule has 0 fully saturated rings. The van der Waals surface area contributed by atoms with Crippen LogP contribution in [0, 0.1) is 0 Å². The SMILES string of the molecule is CCC(O)CNC(C)c1cccc(Cl)c1. The second-order valence-corrected chi connectivity index (χ2v) is 4.18. The highest BCUT2D eigenvalue weighted by Crippen LogP contribution is 2.17. The van der Waals surface area contributed by atoms with Crippen LogP contribution in [0.25, 0.3) is 0 Å². The third kappa shape index (κ3) is 4.20. The standard InChI is InChI=1S/C12H18ClNO/c1-3-12(15)8-14-9(2)10-5-4-6-11(13)7-10/h4-7,9,12,14-15H,3,8H2,1-2H3. The molecule has 2 nitrogen and oxygen atoms in total. The van der Waals surface area contributed by atoms with Gasteiger partial charge in [-0.2, -0.15) is 0 Å². The van der Waals surface area contributed by atoms with Crippen LogP contribution in [0.2, 0.25) is 5.02 Å². The normalized spacial score (nSPS) is 14.9. The first-order valence-corrected chi connectivity index (χ1v) is 5.68. The molecule has 1 aromatic rings. The Kier molecular flexibility index (Phi) is 5.09. The molecule has 0 spiro atoms. The smallest absolute Gasteiger partial charge is 0.0662 e. The van der Waals surface area contributed by atoms with Crippen LogP contribution in [0.1, 0.15) is 31.9 Å². The van der Waals surface area contributed by atoms with E-state index in [9.17, 15) is 5.11 Å². The third-order valence-corrected chi connectivity index (χ3v) is 2.71. The van der Waals surface area contributed by atoms with Gasteiger partial charge in [-0.05, 0) is 31.0 Å². The van der Waals surface area contributed by atoms with E-state index in [0.29, 0.717) is 6.54 Å². The number of nitrogens with one attached hydrogen (secondary N) is 1. The second kappa shape index (κ2) is 6.11. The topological polar surface area (TPSA) is 32.3 Å². The van der Waals surface area contributed by atoms with Gasteiger partial charge in [-0.25, -0.2) is 0 Å². The molecule has 2 atom stereocenters. The van der Waals surface area contributed by atoms with Crippen molar-refractivity contribution in [2.24, 2.45) is 0 Å². The maximum absolute atomic E-state index is 9.42. The van der Waals surface area contributed by atoms with E-state index in [-0.39, 0.29) is 12.1 Å². The predicted octanol–water partition coefficient (Wildman–Crippen LogP) is 2.76. The summed E-state index contributed by atoms with van der Waals surface area (Å²) in [5.74, 6) is 0. The molecule has 0 aliphatic rings. The molecule has 0 aliphatic heterocycles. The summed E-state index contributed by atoms with van der Waals surface area (Å²) in [4.78, 5) is 0. The summed E-state index contributed by atoms with van der Waals surface area (Å²) in [6, 6.07) is 7.98. The van der Waals surface area contributed by atoms with Gasteiger partial charge in [0.25, 0.3) is 0 Å². The highest BCUT2D eigenvalue weighted by atomic mass is 35.5. The Labute approximate surface area is 96.3 Å². The van der Waals surface area contributed by atoms with Gasteiger partial charge < -0.3 is 10.4 Å². The summed E-state index contributed by atoms with van der Waals surface area (Å²) >= 11 is 5.90. The number of aliphatic hydroxyl groups is 1. The highest BCUT2D eigenvalue weighted by molar-refractivity contribution is 6.30. The lowest BCUT2D eigenvalue weighted by Crippen LogP contribution is -2.28. The maximum Gasteiger partial charge on any atom is 0.0662 e. The molecule has 0 bridgehead atoms. The Bertz CT molecular complexity index is 303. The van der Waals surface area contributed by atoms with Gasteiger partial charge in [-0.1, -0.05) is 30.7 Å². The fraction of sp³-hybridized carbons (Fsp3) is 0.500. The zero-order chi connectivity index (χ0) is 11.3. The molecule has 2 unspecified atom stereocenters. The van der Waals surface area contributed by atoms with Crippen LogP contribution in [-0.4, -0.2) is 17.8 Å². The first-order valence-electron chi connectivity index (χ1n) is 5.30. The van der Waals surface area contributed by atoms with E-state index < -0.39 is 0 Å². The minimum atomic E-state index is -0.272. The number of halogens is 1. The Morgan fingerprint density at radius 1 is 1.47 bits per heavy atom. The average molecular weight is 228 g/mol. The van der Waals surface area contributed by atoms with E-state index >= 15 is 0 Å². The van der Waals surface area contributed by atoms with E-state index in [4.69, 9.17) is 11.6 Å². The van der Waals surface area contributed by atoms with Gasteiger partial charge in [-0.3, -0.25) is 0 Å². The van der Waals surface area contributed by atoms with Gasteiger partial charge in [0, 0.05) is 17.6 Å². The number of hydrogen-bond acceptors (Lipinski definition) is 2. The van der Waals surface area contributed by atoms with Crippen molar-refractivity contribution in [1.82, 2.24) is 5.32 Å². The summed E-state index contributed by atoms with van der Waals surface area (Å²) in [5, 5.41) is 13.4. The number of rotatable bonds is 5. The molecular formula is C12H18ClNO. The molecule has 3 heteroatoms. The van der Waals surface area contributed by atoms with Crippen LogP contribution in [0.3, 0.4) is 0 Å². The zero-order valence-corrected chi connectivity index (χ0v) is 9.96. The molecular weight excluding hydrogens is 210 g/mol. The molecule has 0 aliphatic carbocycles. The Balaban J connectivity index is 2.50. The van der Waals surface area contributed by atoms with Crippen molar-refractivity contribution in [3.8, 4) is 0 Å². The van der Waals surface area contributed by atoms with Crippen molar-refractivity contribution in [2.45, 2.75) is 32.4 Å². The first-order chi connectivity index (χ1) is 7.13. The van der Waals surface area contributed by atoms with E-state index in [1.807, 2.05) is 31.2 Å². The van der Waals surface area contributed by atoms with Crippen LogP contribution >= 0.6 is 11.6 Å².